The number of hydrogen-bond donors (Lipinski definition) is 1. The fourth-order valence-electron chi connectivity index (χ4n) is 1.24. The second kappa shape index (κ2) is 5.70. The quantitative estimate of drug-likeness (QED) is 0.851. The second-order valence-corrected chi connectivity index (χ2v) is 4.71. The SMILES string of the molecule is Cc1ccc(S(N)(=O)=O)c(C)c1C.Cl.Cl. The van der Waals surface area contributed by atoms with Crippen molar-refractivity contribution >= 4 is 34.8 Å². The Labute approximate surface area is 103 Å². The summed E-state index contributed by atoms with van der Waals surface area (Å²) >= 11 is 0. The van der Waals surface area contributed by atoms with Gasteiger partial charge in [-0.3, -0.25) is 0 Å². The molecule has 1 aromatic carbocycles. The molecule has 0 aliphatic carbocycles. The van der Waals surface area contributed by atoms with E-state index in [1.54, 1.807) is 19.1 Å². The largest absolute Gasteiger partial charge is 0.238 e. The first-order chi connectivity index (χ1) is 5.84. The Morgan fingerprint density at radius 3 is 1.87 bits per heavy atom. The van der Waals surface area contributed by atoms with Gasteiger partial charge in [0.25, 0.3) is 0 Å². The van der Waals surface area contributed by atoms with Gasteiger partial charge in [0.2, 0.25) is 10.0 Å². The van der Waals surface area contributed by atoms with Crippen LogP contribution in [0.15, 0.2) is 17.0 Å². The van der Waals surface area contributed by atoms with E-state index < -0.39 is 10.0 Å². The third kappa shape index (κ3) is 3.65. The van der Waals surface area contributed by atoms with Crippen LogP contribution >= 0.6 is 24.8 Å². The van der Waals surface area contributed by atoms with E-state index in [4.69, 9.17) is 5.14 Å². The van der Waals surface area contributed by atoms with Crippen molar-refractivity contribution in [3.05, 3.63) is 28.8 Å². The molecule has 6 heteroatoms. The first-order valence-electron chi connectivity index (χ1n) is 3.93. The van der Waals surface area contributed by atoms with Crippen molar-refractivity contribution in [2.45, 2.75) is 25.7 Å². The second-order valence-electron chi connectivity index (χ2n) is 3.18. The van der Waals surface area contributed by atoms with E-state index in [0.717, 1.165) is 16.7 Å². The number of hydrogen-bond acceptors (Lipinski definition) is 2. The highest BCUT2D eigenvalue weighted by Crippen LogP contribution is 2.19. The fourth-order valence-corrected chi connectivity index (χ4v) is 2.08. The molecule has 0 aliphatic rings. The first kappa shape index (κ1) is 17.1. The van der Waals surface area contributed by atoms with E-state index in [-0.39, 0.29) is 29.7 Å². The highest BCUT2D eigenvalue weighted by molar-refractivity contribution is 7.89. The van der Waals surface area contributed by atoms with Gasteiger partial charge in [-0.15, -0.1) is 24.8 Å². The Morgan fingerprint density at radius 1 is 1.00 bits per heavy atom. The number of sulfonamides is 1. The molecule has 2 N–H and O–H groups in total. The van der Waals surface area contributed by atoms with E-state index in [2.05, 4.69) is 0 Å². The van der Waals surface area contributed by atoms with Crippen molar-refractivity contribution < 1.29 is 8.42 Å². The van der Waals surface area contributed by atoms with Gasteiger partial charge in [0, 0.05) is 0 Å². The Bertz CT molecular complexity index is 444. The summed E-state index contributed by atoms with van der Waals surface area (Å²) in [6.07, 6.45) is 0. The minimum absolute atomic E-state index is 0. The molecule has 0 radical (unpaired) electrons. The molecule has 0 fully saturated rings. The van der Waals surface area contributed by atoms with Crippen LogP contribution in [0.5, 0.6) is 0 Å². The molecule has 88 valence electrons. The van der Waals surface area contributed by atoms with Crippen LogP contribution in [0.3, 0.4) is 0 Å². The number of benzene rings is 1. The summed E-state index contributed by atoms with van der Waals surface area (Å²) in [6, 6.07) is 3.31. The first-order valence-corrected chi connectivity index (χ1v) is 5.48. The van der Waals surface area contributed by atoms with Gasteiger partial charge in [-0.05, 0) is 43.5 Å². The molecular weight excluding hydrogens is 257 g/mol. The van der Waals surface area contributed by atoms with Gasteiger partial charge in [0.05, 0.1) is 4.90 Å². The molecule has 0 unspecified atom stereocenters. The van der Waals surface area contributed by atoms with Crippen LogP contribution in [0.4, 0.5) is 0 Å². The summed E-state index contributed by atoms with van der Waals surface area (Å²) in [4.78, 5) is 0.218. The van der Waals surface area contributed by atoms with Crippen molar-refractivity contribution in [2.75, 3.05) is 0 Å². The van der Waals surface area contributed by atoms with Gasteiger partial charge in [0.1, 0.15) is 0 Å². The summed E-state index contributed by atoms with van der Waals surface area (Å²) in [5.74, 6) is 0. The molecule has 1 aromatic rings. The third-order valence-electron chi connectivity index (χ3n) is 2.31. The number of rotatable bonds is 1. The molecule has 0 aliphatic heterocycles. The molecule has 0 aromatic heterocycles. The molecule has 0 saturated heterocycles. The summed E-state index contributed by atoms with van der Waals surface area (Å²) in [6.45, 7) is 5.59. The minimum atomic E-state index is -3.57. The predicted octanol–water partition coefficient (Wildman–Crippen LogP) is 2.10. The zero-order valence-electron chi connectivity index (χ0n) is 8.77. The van der Waals surface area contributed by atoms with Gasteiger partial charge < -0.3 is 0 Å². The molecule has 0 bridgehead atoms. The zero-order valence-corrected chi connectivity index (χ0v) is 11.2. The third-order valence-corrected chi connectivity index (χ3v) is 3.37. The van der Waals surface area contributed by atoms with Gasteiger partial charge in [-0.1, -0.05) is 6.07 Å². The Kier molecular flexibility index (Phi) is 6.51. The molecule has 0 spiro atoms. The molecule has 0 heterocycles. The lowest BCUT2D eigenvalue weighted by molar-refractivity contribution is 0.597. The summed E-state index contributed by atoms with van der Waals surface area (Å²) in [5, 5.41) is 5.05. The highest BCUT2D eigenvalue weighted by Gasteiger charge is 2.12. The molecule has 0 atom stereocenters. The lowest BCUT2D eigenvalue weighted by Crippen LogP contribution is -2.14. The zero-order chi connectivity index (χ0) is 10.2. The Balaban J connectivity index is 0. The Hall–Kier alpha value is -0.290. The van der Waals surface area contributed by atoms with Crippen LogP contribution in [0, 0.1) is 20.8 Å². The maximum Gasteiger partial charge on any atom is 0.238 e. The smallest absolute Gasteiger partial charge is 0.225 e. The van der Waals surface area contributed by atoms with Gasteiger partial charge in [-0.25, -0.2) is 13.6 Å². The number of aryl methyl sites for hydroxylation is 1. The monoisotopic (exact) mass is 271 g/mol. The molecule has 3 nitrogen and oxygen atoms in total. The molecular formula is C9H15Cl2NO2S. The van der Waals surface area contributed by atoms with Crippen molar-refractivity contribution in [3.8, 4) is 0 Å². The van der Waals surface area contributed by atoms with Crippen molar-refractivity contribution in [1.82, 2.24) is 0 Å². The maximum absolute atomic E-state index is 11.1. The summed E-state index contributed by atoms with van der Waals surface area (Å²) in [5.41, 5.74) is 2.79. The standard InChI is InChI=1S/C9H13NO2S.2ClH/c1-6-4-5-9(13(10,11)12)8(3)7(6)2;;/h4-5H,1-3H3,(H2,10,11,12);2*1H. The van der Waals surface area contributed by atoms with E-state index in [1.165, 1.54) is 0 Å². The van der Waals surface area contributed by atoms with E-state index >= 15 is 0 Å². The fraction of sp³-hybridized carbons (Fsp3) is 0.333. The van der Waals surface area contributed by atoms with Gasteiger partial charge in [0.15, 0.2) is 0 Å². The lowest BCUT2D eigenvalue weighted by atomic mass is 10.1. The molecule has 15 heavy (non-hydrogen) atoms. The lowest BCUT2D eigenvalue weighted by Gasteiger charge is -2.08. The number of primary sulfonamides is 1. The normalized spacial score (nSPS) is 10.1. The van der Waals surface area contributed by atoms with Crippen LogP contribution in [0.2, 0.25) is 0 Å². The van der Waals surface area contributed by atoms with Gasteiger partial charge in [-0.2, -0.15) is 0 Å². The van der Waals surface area contributed by atoms with E-state index in [1.807, 2.05) is 13.8 Å². The van der Waals surface area contributed by atoms with E-state index in [9.17, 15) is 8.42 Å². The predicted molar refractivity (Wildman–Crippen MR) is 66.5 cm³/mol. The van der Waals surface area contributed by atoms with Crippen molar-refractivity contribution in [2.24, 2.45) is 5.14 Å². The molecule has 1 rings (SSSR count). The Morgan fingerprint density at radius 2 is 1.47 bits per heavy atom. The van der Waals surface area contributed by atoms with E-state index in [0.29, 0.717) is 0 Å². The average Bonchev–Trinajstić information content (AvgIpc) is 1.98. The van der Waals surface area contributed by atoms with Crippen LogP contribution in [0.25, 0.3) is 0 Å². The van der Waals surface area contributed by atoms with Crippen LogP contribution in [-0.4, -0.2) is 8.42 Å². The maximum atomic E-state index is 11.1. The van der Waals surface area contributed by atoms with Gasteiger partial charge >= 0.3 is 0 Å². The number of nitrogens with two attached hydrogens (primary N) is 1. The van der Waals surface area contributed by atoms with Crippen LogP contribution in [0.1, 0.15) is 16.7 Å². The minimum Gasteiger partial charge on any atom is -0.225 e. The number of halogens is 2. The highest BCUT2D eigenvalue weighted by atomic mass is 35.5. The van der Waals surface area contributed by atoms with Crippen LogP contribution < -0.4 is 5.14 Å². The average molecular weight is 272 g/mol. The van der Waals surface area contributed by atoms with Crippen LogP contribution in [-0.2, 0) is 10.0 Å². The summed E-state index contributed by atoms with van der Waals surface area (Å²) in [7, 11) is -3.57. The summed E-state index contributed by atoms with van der Waals surface area (Å²) < 4.78 is 22.2. The van der Waals surface area contributed by atoms with Crippen molar-refractivity contribution in [3.63, 3.8) is 0 Å². The molecule has 0 amide bonds. The topological polar surface area (TPSA) is 60.2 Å². The molecule has 0 saturated carbocycles. The van der Waals surface area contributed by atoms with Crippen molar-refractivity contribution in [1.29, 1.82) is 0 Å².